The van der Waals surface area contributed by atoms with E-state index in [0.717, 1.165) is 24.9 Å². The van der Waals surface area contributed by atoms with Gasteiger partial charge in [-0.25, -0.2) is 4.39 Å². The normalized spacial score (nSPS) is 28.1. The van der Waals surface area contributed by atoms with Crippen molar-refractivity contribution in [2.24, 2.45) is 17.6 Å². The molecule has 3 unspecified atom stereocenters. The molecule has 3 rings (SSSR count). The predicted octanol–water partition coefficient (Wildman–Crippen LogP) is 2.37. The Morgan fingerprint density at radius 2 is 2.10 bits per heavy atom. The van der Waals surface area contributed by atoms with Gasteiger partial charge in [0, 0.05) is 19.1 Å². The molecule has 3 nitrogen and oxygen atoms in total. The van der Waals surface area contributed by atoms with Crippen LogP contribution in [0.2, 0.25) is 0 Å². The highest BCUT2D eigenvalue weighted by Crippen LogP contribution is 2.37. The fourth-order valence-electron chi connectivity index (χ4n) is 3.44. The van der Waals surface area contributed by atoms with Crippen molar-refractivity contribution in [3.05, 3.63) is 35.1 Å². The fraction of sp³-hybridized carbons (Fsp3) is 0.533. The second-order valence-corrected chi connectivity index (χ2v) is 5.86. The van der Waals surface area contributed by atoms with Gasteiger partial charge in [0.2, 0.25) is 0 Å². The van der Waals surface area contributed by atoms with Gasteiger partial charge in [0.05, 0.1) is 5.56 Å². The van der Waals surface area contributed by atoms with E-state index in [1.807, 2.05) is 6.92 Å². The summed E-state index contributed by atoms with van der Waals surface area (Å²) in [7, 11) is 0. The van der Waals surface area contributed by atoms with E-state index in [-0.39, 0.29) is 29.9 Å². The summed E-state index contributed by atoms with van der Waals surface area (Å²) < 4.78 is 13.8. The number of likely N-dealkylation sites (tertiary alicyclic amines) is 1. The fourth-order valence-corrected chi connectivity index (χ4v) is 3.44. The van der Waals surface area contributed by atoms with Crippen molar-refractivity contribution >= 4 is 18.3 Å². The number of carbonyl (C=O) groups is 1. The molecule has 3 atom stereocenters. The molecule has 1 aromatic rings. The van der Waals surface area contributed by atoms with Gasteiger partial charge >= 0.3 is 0 Å². The topological polar surface area (TPSA) is 46.3 Å². The van der Waals surface area contributed by atoms with Gasteiger partial charge in [-0.3, -0.25) is 4.79 Å². The zero-order valence-electron chi connectivity index (χ0n) is 11.5. The summed E-state index contributed by atoms with van der Waals surface area (Å²) in [5, 5.41) is 0. The van der Waals surface area contributed by atoms with Crippen molar-refractivity contribution in [3.63, 3.8) is 0 Å². The lowest BCUT2D eigenvalue weighted by atomic mass is 9.98. The summed E-state index contributed by atoms with van der Waals surface area (Å²) in [6.07, 6.45) is 2.14. The summed E-state index contributed by atoms with van der Waals surface area (Å²) in [4.78, 5) is 14.1. The van der Waals surface area contributed by atoms with Crippen LogP contribution in [0, 0.1) is 24.6 Å². The van der Waals surface area contributed by atoms with Gasteiger partial charge in [0.1, 0.15) is 5.82 Å². The van der Waals surface area contributed by atoms with E-state index in [0.29, 0.717) is 18.4 Å². The largest absolute Gasteiger partial charge is 0.338 e. The van der Waals surface area contributed by atoms with Crippen LogP contribution < -0.4 is 5.73 Å². The molecule has 0 bridgehead atoms. The molecular weight excluding hydrogens is 279 g/mol. The van der Waals surface area contributed by atoms with E-state index in [4.69, 9.17) is 5.73 Å². The summed E-state index contributed by atoms with van der Waals surface area (Å²) in [6.45, 7) is 3.22. The summed E-state index contributed by atoms with van der Waals surface area (Å²) in [5.74, 6) is 0.287. The van der Waals surface area contributed by atoms with Crippen molar-refractivity contribution in [2.75, 3.05) is 13.1 Å². The molecule has 1 aromatic carbocycles. The second-order valence-electron chi connectivity index (χ2n) is 5.86. The molecule has 1 heterocycles. The summed E-state index contributed by atoms with van der Waals surface area (Å²) in [5.41, 5.74) is 7.07. The molecule has 2 aliphatic rings. The third kappa shape index (κ3) is 2.54. The monoisotopic (exact) mass is 298 g/mol. The molecule has 1 saturated heterocycles. The zero-order valence-corrected chi connectivity index (χ0v) is 12.3. The third-order valence-corrected chi connectivity index (χ3v) is 4.55. The van der Waals surface area contributed by atoms with Crippen LogP contribution in [0.25, 0.3) is 0 Å². The second kappa shape index (κ2) is 5.70. The van der Waals surface area contributed by atoms with Gasteiger partial charge < -0.3 is 10.6 Å². The number of halogens is 2. The maximum absolute atomic E-state index is 13.8. The van der Waals surface area contributed by atoms with Gasteiger partial charge in [-0.2, -0.15) is 0 Å². The van der Waals surface area contributed by atoms with Crippen molar-refractivity contribution in [1.82, 2.24) is 4.90 Å². The number of fused-ring (bicyclic) bond motifs is 1. The van der Waals surface area contributed by atoms with Crippen LogP contribution in [0.1, 0.15) is 28.8 Å². The first-order chi connectivity index (χ1) is 9.06. The molecule has 2 N–H and O–H groups in total. The average Bonchev–Trinajstić information content (AvgIpc) is 2.91. The first-order valence-electron chi connectivity index (χ1n) is 6.87. The van der Waals surface area contributed by atoms with Crippen molar-refractivity contribution in [1.29, 1.82) is 0 Å². The molecule has 0 aromatic heterocycles. The van der Waals surface area contributed by atoms with Gasteiger partial charge in [0.15, 0.2) is 0 Å². The van der Waals surface area contributed by atoms with Gasteiger partial charge in [-0.05, 0) is 49.3 Å². The molecule has 5 heteroatoms. The van der Waals surface area contributed by atoms with E-state index in [1.165, 1.54) is 6.07 Å². The van der Waals surface area contributed by atoms with Crippen molar-refractivity contribution < 1.29 is 9.18 Å². The minimum absolute atomic E-state index is 0. The molecule has 1 aliphatic carbocycles. The first kappa shape index (κ1) is 15.3. The standard InChI is InChI=1S/C15H19FN2O.ClH/c1-9-2-4-11(13(16)6-9)15(19)18-7-10-3-5-14(17)12(10)8-18;/h2,4,6,10,12,14H,3,5,7-8,17H2,1H3;1H. The van der Waals surface area contributed by atoms with E-state index < -0.39 is 5.82 Å². The molecule has 0 spiro atoms. The maximum atomic E-state index is 13.8. The maximum Gasteiger partial charge on any atom is 0.256 e. The molecular formula is C15H20ClFN2O. The van der Waals surface area contributed by atoms with Crippen molar-refractivity contribution in [2.45, 2.75) is 25.8 Å². The lowest BCUT2D eigenvalue weighted by Gasteiger charge is -2.19. The Hall–Kier alpha value is -1.13. The van der Waals surface area contributed by atoms with Gasteiger partial charge in [0.25, 0.3) is 5.91 Å². The molecule has 1 aliphatic heterocycles. The van der Waals surface area contributed by atoms with E-state index in [9.17, 15) is 9.18 Å². The Morgan fingerprint density at radius 3 is 2.75 bits per heavy atom. The molecule has 1 saturated carbocycles. The van der Waals surface area contributed by atoms with Crippen LogP contribution in [0.3, 0.4) is 0 Å². The number of nitrogens with zero attached hydrogens (tertiary/aromatic N) is 1. The molecule has 2 fully saturated rings. The number of hydrogen-bond donors (Lipinski definition) is 1. The summed E-state index contributed by atoms with van der Waals surface area (Å²) >= 11 is 0. The zero-order chi connectivity index (χ0) is 13.6. The van der Waals surface area contributed by atoms with Crippen LogP contribution in [0.4, 0.5) is 4.39 Å². The number of benzene rings is 1. The molecule has 0 radical (unpaired) electrons. The Labute approximate surface area is 124 Å². The van der Waals surface area contributed by atoms with Crippen molar-refractivity contribution in [3.8, 4) is 0 Å². The number of hydrogen-bond acceptors (Lipinski definition) is 2. The Kier molecular flexibility index (Phi) is 4.35. The predicted molar refractivity (Wildman–Crippen MR) is 78.5 cm³/mol. The quantitative estimate of drug-likeness (QED) is 0.865. The highest BCUT2D eigenvalue weighted by atomic mass is 35.5. The third-order valence-electron chi connectivity index (χ3n) is 4.55. The van der Waals surface area contributed by atoms with Gasteiger partial charge in [-0.15, -0.1) is 12.4 Å². The molecule has 1 amide bonds. The number of amides is 1. The van der Waals surface area contributed by atoms with Gasteiger partial charge in [-0.1, -0.05) is 6.07 Å². The molecule has 110 valence electrons. The van der Waals surface area contributed by atoms with Crippen LogP contribution in [0.5, 0.6) is 0 Å². The van der Waals surface area contributed by atoms with E-state index in [2.05, 4.69) is 0 Å². The minimum Gasteiger partial charge on any atom is -0.338 e. The highest BCUT2D eigenvalue weighted by molar-refractivity contribution is 5.94. The van der Waals surface area contributed by atoms with E-state index >= 15 is 0 Å². The lowest BCUT2D eigenvalue weighted by molar-refractivity contribution is 0.0775. The van der Waals surface area contributed by atoms with Crippen LogP contribution >= 0.6 is 12.4 Å². The first-order valence-corrected chi connectivity index (χ1v) is 6.87. The number of aryl methyl sites for hydroxylation is 1. The van der Waals surface area contributed by atoms with Crippen LogP contribution in [-0.4, -0.2) is 29.9 Å². The SMILES string of the molecule is Cc1ccc(C(=O)N2CC3CCC(N)C3C2)c(F)c1.Cl. The van der Waals surface area contributed by atoms with E-state index in [1.54, 1.807) is 17.0 Å². The average molecular weight is 299 g/mol. The Bertz CT molecular complexity index is 523. The minimum atomic E-state index is -0.425. The lowest BCUT2D eigenvalue weighted by Crippen LogP contribution is -2.33. The smallest absolute Gasteiger partial charge is 0.256 e. The Morgan fingerprint density at radius 1 is 1.35 bits per heavy atom. The number of carbonyl (C=O) groups excluding carboxylic acids is 1. The number of rotatable bonds is 1. The summed E-state index contributed by atoms with van der Waals surface area (Å²) in [6, 6.07) is 4.97. The Balaban J connectivity index is 0.00000147. The molecule has 20 heavy (non-hydrogen) atoms. The number of nitrogens with two attached hydrogens (primary N) is 1. The van der Waals surface area contributed by atoms with Crippen LogP contribution in [-0.2, 0) is 0 Å². The van der Waals surface area contributed by atoms with Crippen LogP contribution in [0.15, 0.2) is 18.2 Å². The highest BCUT2D eigenvalue weighted by Gasteiger charge is 2.42.